The van der Waals surface area contributed by atoms with Crippen molar-refractivity contribution in [2.45, 2.75) is 12.8 Å². The van der Waals surface area contributed by atoms with Gasteiger partial charge in [-0.2, -0.15) is 0 Å². The summed E-state index contributed by atoms with van der Waals surface area (Å²) in [7, 11) is 1.62. The minimum Gasteiger partial charge on any atom is -0.497 e. The normalized spacial score (nSPS) is 15.3. The number of aromatic nitrogens is 1. The second-order valence-electron chi connectivity index (χ2n) is 6.92. The van der Waals surface area contributed by atoms with Crippen molar-refractivity contribution in [3.05, 3.63) is 59.0 Å². The van der Waals surface area contributed by atoms with Gasteiger partial charge in [-0.25, -0.2) is 0 Å². The Balaban J connectivity index is 1.26. The predicted octanol–water partition coefficient (Wildman–Crippen LogP) is 3.55. The molecule has 9 heteroatoms. The maximum Gasteiger partial charge on any atom is 0.293 e. The van der Waals surface area contributed by atoms with Gasteiger partial charge >= 0.3 is 0 Å². The molecule has 8 nitrogen and oxygen atoms in total. The highest BCUT2D eigenvalue weighted by Gasteiger charge is 2.35. The number of H-pyrrole nitrogens is 1. The number of thioether (sulfide) groups is 1. The first-order valence-electron chi connectivity index (χ1n) is 9.74. The first-order chi connectivity index (χ1) is 15.0. The molecule has 0 aliphatic carbocycles. The zero-order chi connectivity index (χ0) is 21.8. The van der Waals surface area contributed by atoms with Crippen molar-refractivity contribution in [2.75, 3.05) is 20.2 Å². The highest BCUT2D eigenvalue weighted by atomic mass is 32.2. The van der Waals surface area contributed by atoms with Crippen LogP contribution in [-0.2, 0) is 16.0 Å². The molecule has 1 fully saturated rings. The second-order valence-corrected chi connectivity index (χ2v) is 7.92. The first kappa shape index (κ1) is 20.8. The van der Waals surface area contributed by atoms with E-state index in [1.54, 1.807) is 19.2 Å². The molecule has 0 bridgehead atoms. The smallest absolute Gasteiger partial charge is 0.293 e. The third-order valence-corrected chi connectivity index (χ3v) is 5.85. The topological polar surface area (TPSA) is 105 Å². The summed E-state index contributed by atoms with van der Waals surface area (Å²) >= 11 is 0.846. The molecule has 0 spiro atoms. The molecule has 31 heavy (non-hydrogen) atoms. The van der Waals surface area contributed by atoms with E-state index in [-0.39, 0.29) is 29.0 Å². The number of fused-ring (bicyclic) bond motifs is 1. The van der Waals surface area contributed by atoms with Crippen LogP contribution in [0.4, 0.5) is 4.79 Å². The SMILES string of the molecule is COc1ccc2c(CCNC(=O)CCN3C(=O)S/C(=C/c4ccco4)C3=O)c[nH]c2c1. The molecule has 160 valence electrons. The molecular formula is C22H21N3O5S. The maximum absolute atomic E-state index is 12.4. The van der Waals surface area contributed by atoms with Crippen LogP contribution in [0.5, 0.6) is 5.75 Å². The lowest BCUT2D eigenvalue weighted by Gasteiger charge is -2.12. The summed E-state index contributed by atoms with van der Waals surface area (Å²) in [4.78, 5) is 41.3. The van der Waals surface area contributed by atoms with Crippen molar-refractivity contribution < 1.29 is 23.5 Å². The fraction of sp³-hybridized carbons (Fsp3) is 0.227. The van der Waals surface area contributed by atoms with Crippen molar-refractivity contribution >= 4 is 45.8 Å². The van der Waals surface area contributed by atoms with Crippen LogP contribution in [0.3, 0.4) is 0 Å². The van der Waals surface area contributed by atoms with Gasteiger partial charge in [0, 0.05) is 48.8 Å². The lowest BCUT2D eigenvalue weighted by atomic mass is 10.1. The molecule has 1 saturated heterocycles. The highest BCUT2D eigenvalue weighted by Crippen LogP contribution is 2.32. The number of furan rings is 1. The molecule has 4 rings (SSSR count). The number of nitrogens with one attached hydrogen (secondary N) is 2. The number of amides is 3. The number of imide groups is 1. The Morgan fingerprint density at radius 3 is 2.97 bits per heavy atom. The fourth-order valence-electron chi connectivity index (χ4n) is 3.33. The summed E-state index contributed by atoms with van der Waals surface area (Å²) in [6.45, 7) is 0.497. The molecule has 2 N–H and O–H groups in total. The molecule has 0 unspecified atom stereocenters. The lowest BCUT2D eigenvalue weighted by Crippen LogP contribution is -2.34. The van der Waals surface area contributed by atoms with Gasteiger partial charge in [0.25, 0.3) is 11.1 Å². The summed E-state index contributed by atoms with van der Waals surface area (Å²) in [5, 5.41) is 3.54. The van der Waals surface area contributed by atoms with Gasteiger partial charge < -0.3 is 19.5 Å². The Morgan fingerprint density at radius 2 is 2.19 bits per heavy atom. The maximum atomic E-state index is 12.4. The summed E-state index contributed by atoms with van der Waals surface area (Å²) in [6.07, 6.45) is 5.65. The van der Waals surface area contributed by atoms with Gasteiger partial charge in [-0.15, -0.1) is 0 Å². The van der Waals surface area contributed by atoms with Crippen LogP contribution in [-0.4, -0.2) is 47.1 Å². The first-order valence-corrected chi connectivity index (χ1v) is 10.6. The van der Waals surface area contributed by atoms with Gasteiger partial charge in [-0.1, -0.05) is 0 Å². The van der Waals surface area contributed by atoms with E-state index in [4.69, 9.17) is 9.15 Å². The van der Waals surface area contributed by atoms with Gasteiger partial charge in [0.2, 0.25) is 5.91 Å². The van der Waals surface area contributed by atoms with E-state index < -0.39 is 5.91 Å². The molecule has 0 saturated carbocycles. The van der Waals surface area contributed by atoms with Gasteiger partial charge in [0.1, 0.15) is 11.5 Å². The Morgan fingerprint density at radius 1 is 1.32 bits per heavy atom. The zero-order valence-corrected chi connectivity index (χ0v) is 17.7. The average Bonchev–Trinajstić information content (AvgIpc) is 3.48. The second kappa shape index (κ2) is 9.13. The van der Waals surface area contributed by atoms with E-state index in [9.17, 15) is 14.4 Å². The monoisotopic (exact) mass is 439 g/mol. The van der Waals surface area contributed by atoms with Crippen LogP contribution in [0.2, 0.25) is 0 Å². The number of methoxy groups -OCH3 is 1. The minimum absolute atomic E-state index is 0.0406. The largest absolute Gasteiger partial charge is 0.497 e. The molecule has 1 aromatic carbocycles. The quantitative estimate of drug-likeness (QED) is 0.520. The molecule has 3 amide bonds. The molecule has 1 aliphatic heterocycles. The van der Waals surface area contributed by atoms with Crippen molar-refractivity contribution in [2.24, 2.45) is 0 Å². The number of nitrogens with zero attached hydrogens (tertiary/aromatic N) is 1. The van der Waals surface area contributed by atoms with Crippen molar-refractivity contribution in [3.8, 4) is 5.75 Å². The molecule has 1 aliphatic rings. The molecule has 0 atom stereocenters. The number of hydrogen-bond acceptors (Lipinski definition) is 6. The predicted molar refractivity (Wildman–Crippen MR) is 118 cm³/mol. The Hall–Kier alpha value is -3.46. The average molecular weight is 439 g/mol. The number of ether oxygens (including phenoxy) is 1. The van der Waals surface area contributed by atoms with E-state index in [1.165, 1.54) is 12.3 Å². The van der Waals surface area contributed by atoms with Crippen LogP contribution in [0.25, 0.3) is 17.0 Å². The number of aromatic amines is 1. The van der Waals surface area contributed by atoms with E-state index in [0.29, 0.717) is 18.7 Å². The van der Waals surface area contributed by atoms with E-state index in [2.05, 4.69) is 10.3 Å². The van der Waals surface area contributed by atoms with Gasteiger partial charge in [0.15, 0.2) is 0 Å². The van der Waals surface area contributed by atoms with E-state index >= 15 is 0 Å². The summed E-state index contributed by atoms with van der Waals surface area (Å²) in [5.74, 6) is 0.656. The Kier molecular flexibility index (Phi) is 6.13. The minimum atomic E-state index is -0.409. The summed E-state index contributed by atoms with van der Waals surface area (Å²) in [5.41, 5.74) is 2.06. The lowest BCUT2D eigenvalue weighted by molar-refractivity contribution is -0.124. The molecule has 3 aromatic rings. The molecule has 2 aromatic heterocycles. The number of rotatable bonds is 8. The third-order valence-electron chi connectivity index (χ3n) is 4.94. The summed E-state index contributed by atoms with van der Waals surface area (Å²) < 4.78 is 10.4. The number of carbonyl (C=O) groups is 3. The third kappa shape index (κ3) is 4.66. The van der Waals surface area contributed by atoms with Crippen molar-refractivity contribution in [1.82, 2.24) is 15.2 Å². The molecule has 3 heterocycles. The van der Waals surface area contributed by atoms with Crippen molar-refractivity contribution in [3.63, 3.8) is 0 Å². The number of carbonyl (C=O) groups excluding carboxylic acids is 3. The van der Waals surface area contributed by atoms with Gasteiger partial charge in [-0.3, -0.25) is 19.3 Å². The molecule has 0 radical (unpaired) electrons. The standard InChI is InChI=1S/C22H21N3O5S/c1-29-15-4-5-17-14(13-24-18(17)11-15)6-8-23-20(26)7-9-25-21(27)19(31-22(25)28)12-16-3-2-10-30-16/h2-5,10-13,24H,6-9H2,1H3,(H,23,26)/b19-12+. The van der Waals surface area contributed by atoms with Crippen LogP contribution < -0.4 is 10.1 Å². The van der Waals surface area contributed by atoms with E-state index in [0.717, 1.165) is 38.9 Å². The van der Waals surface area contributed by atoms with Crippen molar-refractivity contribution in [1.29, 1.82) is 0 Å². The number of hydrogen-bond donors (Lipinski definition) is 2. The van der Waals surface area contributed by atoms with Gasteiger partial charge in [-0.05, 0) is 48.0 Å². The molecular weight excluding hydrogens is 418 g/mol. The Labute approximate surface area is 182 Å². The fourth-order valence-corrected chi connectivity index (χ4v) is 4.18. The summed E-state index contributed by atoms with van der Waals surface area (Å²) in [6, 6.07) is 9.21. The van der Waals surface area contributed by atoms with E-state index in [1.807, 2.05) is 24.4 Å². The van der Waals surface area contributed by atoms with Crippen LogP contribution in [0, 0.1) is 0 Å². The van der Waals surface area contributed by atoms with Crippen LogP contribution in [0.15, 0.2) is 52.1 Å². The Bertz CT molecular complexity index is 1150. The van der Waals surface area contributed by atoms with Crippen LogP contribution in [0.1, 0.15) is 17.7 Å². The van der Waals surface area contributed by atoms with Gasteiger partial charge in [0.05, 0.1) is 18.3 Å². The highest BCUT2D eigenvalue weighted by molar-refractivity contribution is 8.18. The zero-order valence-electron chi connectivity index (χ0n) is 16.8. The van der Waals surface area contributed by atoms with Crippen LogP contribution >= 0.6 is 11.8 Å². The number of benzene rings is 1.